The van der Waals surface area contributed by atoms with E-state index in [-0.39, 0.29) is 11.9 Å². The van der Waals surface area contributed by atoms with E-state index in [9.17, 15) is 10.1 Å². The zero-order valence-electron chi connectivity index (χ0n) is 21.8. The Labute approximate surface area is 229 Å². The average Bonchev–Trinajstić information content (AvgIpc) is 3.46. The fourth-order valence-electron chi connectivity index (χ4n) is 6.22. The number of nitrogens with zero attached hydrogens (tertiary/aromatic N) is 4. The molecular weight excluding hydrogens is 488 g/mol. The van der Waals surface area contributed by atoms with Crippen LogP contribution in [0.4, 0.5) is 0 Å². The van der Waals surface area contributed by atoms with Crippen LogP contribution in [-0.2, 0) is 11.3 Å². The molecule has 3 fully saturated rings. The van der Waals surface area contributed by atoms with Gasteiger partial charge in [-0.2, -0.15) is 5.26 Å². The Morgan fingerprint density at radius 1 is 0.947 bits per heavy atom. The lowest BCUT2D eigenvalue weighted by atomic mass is 9.94. The Morgan fingerprint density at radius 2 is 1.66 bits per heavy atom. The van der Waals surface area contributed by atoms with E-state index in [1.54, 1.807) is 11.8 Å². The van der Waals surface area contributed by atoms with Crippen molar-refractivity contribution in [1.82, 2.24) is 9.47 Å². The van der Waals surface area contributed by atoms with Gasteiger partial charge in [0.25, 0.3) is 5.91 Å². The lowest BCUT2D eigenvalue weighted by molar-refractivity contribution is -0.124. The van der Waals surface area contributed by atoms with E-state index in [0.717, 1.165) is 57.8 Å². The quantitative estimate of drug-likeness (QED) is 0.326. The van der Waals surface area contributed by atoms with E-state index in [2.05, 4.69) is 35.0 Å². The van der Waals surface area contributed by atoms with Gasteiger partial charge in [0.05, 0.1) is 22.6 Å². The number of rotatable bonds is 5. The summed E-state index contributed by atoms with van der Waals surface area (Å²) >= 11 is 1.57. The number of carbonyl (C=O) groups is 1. The molecule has 1 saturated heterocycles. The number of hydrogen-bond acceptors (Lipinski definition) is 4. The number of aliphatic imine (C=N–C) groups is 1. The summed E-state index contributed by atoms with van der Waals surface area (Å²) in [4.78, 5) is 21.9. The monoisotopic (exact) mass is 522 g/mol. The molecule has 2 heterocycles. The summed E-state index contributed by atoms with van der Waals surface area (Å²) < 4.78 is 2.19. The zero-order valence-corrected chi connectivity index (χ0v) is 22.6. The molecule has 194 valence electrons. The van der Waals surface area contributed by atoms with E-state index >= 15 is 0 Å². The van der Waals surface area contributed by atoms with Crippen molar-refractivity contribution < 1.29 is 4.79 Å². The smallest absolute Gasteiger partial charge is 0.267 e. The molecule has 2 aromatic carbocycles. The van der Waals surface area contributed by atoms with Crippen LogP contribution in [0.2, 0.25) is 0 Å². The molecule has 0 unspecified atom stereocenters. The first kappa shape index (κ1) is 25.0. The van der Waals surface area contributed by atoms with Crippen molar-refractivity contribution in [2.24, 2.45) is 4.99 Å². The van der Waals surface area contributed by atoms with Crippen LogP contribution in [-0.4, -0.2) is 32.6 Å². The van der Waals surface area contributed by atoms with E-state index in [0.29, 0.717) is 18.2 Å². The van der Waals surface area contributed by atoms with E-state index in [1.165, 1.54) is 38.5 Å². The molecule has 5 nitrogen and oxygen atoms in total. The summed E-state index contributed by atoms with van der Waals surface area (Å²) in [5.74, 6) is 0.114. The van der Waals surface area contributed by atoms with Crippen LogP contribution in [0.15, 0.2) is 64.6 Å². The van der Waals surface area contributed by atoms with Gasteiger partial charge in [-0.15, -0.1) is 0 Å². The maximum Gasteiger partial charge on any atom is 0.267 e. The van der Waals surface area contributed by atoms with Gasteiger partial charge in [-0.25, -0.2) is 0 Å². The molecule has 38 heavy (non-hydrogen) atoms. The van der Waals surface area contributed by atoms with Crippen molar-refractivity contribution in [3.8, 4) is 6.07 Å². The van der Waals surface area contributed by atoms with Crippen LogP contribution in [0.1, 0.15) is 80.9 Å². The second kappa shape index (κ2) is 11.2. The normalized spacial score (nSPS) is 21.6. The number of thioether (sulfide) groups is 1. The summed E-state index contributed by atoms with van der Waals surface area (Å²) in [6.45, 7) is 0.608. The molecule has 1 aromatic heterocycles. The number of nitriles is 1. The molecule has 0 radical (unpaired) electrons. The summed E-state index contributed by atoms with van der Waals surface area (Å²) in [5, 5.41) is 11.6. The van der Waals surface area contributed by atoms with Crippen molar-refractivity contribution in [2.75, 3.05) is 0 Å². The minimum atomic E-state index is 0.114. The van der Waals surface area contributed by atoms with Crippen molar-refractivity contribution in [1.29, 1.82) is 5.26 Å². The highest BCUT2D eigenvalue weighted by Gasteiger charge is 2.39. The Hall–Kier alpha value is -3.30. The highest BCUT2D eigenvalue weighted by molar-refractivity contribution is 8.18. The first-order valence-electron chi connectivity index (χ1n) is 14.1. The van der Waals surface area contributed by atoms with E-state index in [1.807, 2.05) is 41.3 Å². The third-order valence-electron chi connectivity index (χ3n) is 8.23. The number of carbonyl (C=O) groups excluding carboxylic acids is 1. The Morgan fingerprint density at radius 3 is 2.45 bits per heavy atom. The van der Waals surface area contributed by atoms with Crippen LogP contribution in [0, 0.1) is 11.3 Å². The first-order valence-corrected chi connectivity index (χ1v) is 14.9. The van der Waals surface area contributed by atoms with Gasteiger partial charge in [0, 0.05) is 35.2 Å². The first-order chi connectivity index (χ1) is 18.7. The van der Waals surface area contributed by atoms with Crippen LogP contribution < -0.4 is 0 Å². The third-order valence-corrected chi connectivity index (χ3v) is 9.23. The number of para-hydroxylation sites is 1. The largest absolute Gasteiger partial charge is 0.342 e. The van der Waals surface area contributed by atoms with Gasteiger partial charge in [-0.05, 0) is 61.2 Å². The maximum atomic E-state index is 13.9. The van der Waals surface area contributed by atoms with Gasteiger partial charge in [0.2, 0.25) is 0 Å². The SMILES string of the molecule is N#Cc1ccccc1Cn1cc(C=C2SC(=NC3CCCCC3)N(C3CCCCC3)C2=O)c2ccccc21. The standard InChI is InChI=1S/C32H34N4OS/c33-20-23-11-7-8-12-24(23)21-35-22-25(28-17-9-10-18-29(28)35)19-30-31(37)36(27-15-5-2-6-16-27)32(38-30)34-26-13-3-1-4-14-26/h7-12,17-19,22,26-27H,1-6,13-16,21H2. The second-order valence-corrected chi connectivity index (χ2v) is 11.8. The Kier molecular flexibility index (Phi) is 7.38. The van der Waals surface area contributed by atoms with E-state index < -0.39 is 0 Å². The maximum absolute atomic E-state index is 13.9. The molecule has 1 aliphatic heterocycles. The molecule has 3 aromatic rings. The summed E-state index contributed by atoms with van der Waals surface area (Å²) in [6, 6.07) is 19.0. The number of hydrogen-bond donors (Lipinski definition) is 0. The van der Waals surface area contributed by atoms with Gasteiger partial charge in [0.15, 0.2) is 5.17 Å². The molecule has 0 bridgehead atoms. The number of benzene rings is 2. The number of amidine groups is 1. The molecule has 2 aliphatic carbocycles. The fourth-order valence-corrected chi connectivity index (χ4v) is 7.32. The van der Waals surface area contributed by atoms with Gasteiger partial charge < -0.3 is 4.57 Å². The van der Waals surface area contributed by atoms with Crippen molar-refractivity contribution in [3.05, 3.63) is 76.3 Å². The molecule has 2 saturated carbocycles. The van der Waals surface area contributed by atoms with Gasteiger partial charge >= 0.3 is 0 Å². The number of fused-ring (bicyclic) bond motifs is 1. The van der Waals surface area contributed by atoms with Crippen molar-refractivity contribution in [2.45, 2.75) is 82.8 Å². The number of amides is 1. The van der Waals surface area contributed by atoms with Crippen LogP contribution in [0.25, 0.3) is 17.0 Å². The molecule has 0 atom stereocenters. The number of aromatic nitrogens is 1. The summed E-state index contributed by atoms with van der Waals surface area (Å²) in [7, 11) is 0. The predicted octanol–water partition coefficient (Wildman–Crippen LogP) is 7.50. The predicted molar refractivity (Wildman–Crippen MR) is 156 cm³/mol. The lowest BCUT2D eigenvalue weighted by Crippen LogP contribution is -2.41. The Balaban J connectivity index is 1.36. The molecule has 3 aliphatic rings. The molecule has 0 N–H and O–H groups in total. The molecule has 6 rings (SSSR count). The highest BCUT2D eigenvalue weighted by Crippen LogP contribution is 2.39. The van der Waals surface area contributed by atoms with Crippen LogP contribution in [0.3, 0.4) is 0 Å². The Bertz CT molecular complexity index is 1430. The van der Waals surface area contributed by atoms with Gasteiger partial charge in [-0.1, -0.05) is 74.9 Å². The lowest BCUT2D eigenvalue weighted by Gasteiger charge is -2.31. The zero-order chi connectivity index (χ0) is 25.9. The second-order valence-electron chi connectivity index (χ2n) is 10.8. The summed E-state index contributed by atoms with van der Waals surface area (Å²) in [6.07, 6.45) is 16.0. The van der Waals surface area contributed by atoms with Crippen LogP contribution in [0.5, 0.6) is 0 Å². The molecule has 1 amide bonds. The highest BCUT2D eigenvalue weighted by atomic mass is 32.2. The average molecular weight is 523 g/mol. The molecule has 6 heteroatoms. The molecular formula is C32H34N4OS. The summed E-state index contributed by atoms with van der Waals surface area (Å²) in [5.41, 5.74) is 3.82. The van der Waals surface area contributed by atoms with E-state index in [4.69, 9.17) is 4.99 Å². The third kappa shape index (κ3) is 5.05. The van der Waals surface area contributed by atoms with Crippen molar-refractivity contribution in [3.63, 3.8) is 0 Å². The van der Waals surface area contributed by atoms with Crippen molar-refractivity contribution >= 4 is 39.8 Å². The van der Waals surface area contributed by atoms with Crippen LogP contribution >= 0.6 is 11.8 Å². The minimum absolute atomic E-state index is 0.114. The topological polar surface area (TPSA) is 61.4 Å². The van der Waals surface area contributed by atoms with Gasteiger partial charge in [-0.3, -0.25) is 14.7 Å². The minimum Gasteiger partial charge on any atom is -0.342 e. The molecule has 0 spiro atoms. The van der Waals surface area contributed by atoms with Gasteiger partial charge in [0.1, 0.15) is 0 Å². The fraction of sp³-hybridized carbons (Fsp3) is 0.406.